The van der Waals surface area contributed by atoms with Crippen molar-refractivity contribution in [2.45, 2.75) is 13.5 Å². The van der Waals surface area contributed by atoms with Gasteiger partial charge in [-0.1, -0.05) is 29.8 Å². The molecule has 0 saturated carbocycles. The van der Waals surface area contributed by atoms with Gasteiger partial charge in [-0.15, -0.1) is 0 Å². The van der Waals surface area contributed by atoms with Crippen LogP contribution in [-0.2, 0) is 13.6 Å². The summed E-state index contributed by atoms with van der Waals surface area (Å²) in [4.78, 5) is 35.4. The van der Waals surface area contributed by atoms with Gasteiger partial charge in [-0.2, -0.15) is 0 Å². The summed E-state index contributed by atoms with van der Waals surface area (Å²) >= 11 is 0. The summed E-state index contributed by atoms with van der Waals surface area (Å²) in [5, 5.41) is 0. The lowest BCUT2D eigenvalue weighted by Gasteiger charge is -2.06. The molecule has 1 heterocycles. The van der Waals surface area contributed by atoms with Crippen LogP contribution in [-0.4, -0.2) is 14.9 Å². The molecule has 98 valence electrons. The fourth-order valence-corrected chi connectivity index (χ4v) is 1.73. The molecule has 0 aliphatic heterocycles. The second-order valence-electron chi connectivity index (χ2n) is 4.42. The van der Waals surface area contributed by atoms with Crippen molar-refractivity contribution in [3.05, 3.63) is 68.5 Å². The van der Waals surface area contributed by atoms with Crippen LogP contribution in [0, 0.1) is 6.92 Å². The zero-order valence-corrected chi connectivity index (χ0v) is 10.8. The molecule has 0 bridgehead atoms. The van der Waals surface area contributed by atoms with Crippen molar-refractivity contribution in [1.29, 1.82) is 0 Å². The van der Waals surface area contributed by atoms with Gasteiger partial charge in [-0.3, -0.25) is 14.2 Å². The van der Waals surface area contributed by atoms with E-state index in [4.69, 9.17) is 0 Å². The molecule has 0 aliphatic carbocycles. The third kappa shape index (κ3) is 2.70. The van der Waals surface area contributed by atoms with Crippen LogP contribution in [0.25, 0.3) is 0 Å². The van der Waals surface area contributed by atoms with Crippen LogP contribution >= 0.6 is 0 Å². The predicted molar refractivity (Wildman–Crippen MR) is 71.5 cm³/mol. The first-order valence-electron chi connectivity index (χ1n) is 5.85. The first-order valence-corrected chi connectivity index (χ1v) is 5.85. The highest BCUT2D eigenvalue weighted by Gasteiger charge is 2.10. The Morgan fingerprint density at radius 1 is 1.11 bits per heavy atom. The smallest absolute Gasteiger partial charge is 0.303 e. The Hall–Kier alpha value is -2.43. The summed E-state index contributed by atoms with van der Waals surface area (Å²) < 4.78 is 2.20. The number of hydrogen-bond donors (Lipinski definition) is 0. The van der Waals surface area contributed by atoms with Gasteiger partial charge >= 0.3 is 5.69 Å². The molecule has 5 heteroatoms. The second-order valence-corrected chi connectivity index (χ2v) is 4.42. The summed E-state index contributed by atoms with van der Waals surface area (Å²) in [7, 11) is 1.54. The summed E-state index contributed by atoms with van der Waals surface area (Å²) in [5.74, 6) is -0.259. The number of hydrogen-bond acceptors (Lipinski definition) is 3. The maximum absolute atomic E-state index is 12.0. The lowest BCUT2D eigenvalue weighted by molar-refractivity contribution is 0.0968. The van der Waals surface area contributed by atoms with Gasteiger partial charge in [-0.25, -0.2) is 4.79 Å². The maximum Gasteiger partial charge on any atom is 0.331 e. The summed E-state index contributed by atoms with van der Waals surface area (Å²) in [6.07, 6.45) is 1.39. The van der Waals surface area contributed by atoms with E-state index in [0.717, 1.165) is 10.1 Å². The van der Waals surface area contributed by atoms with E-state index in [1.807, 2.05) is 19.1 Å². The Kier molecular flexibility index (Phi) is 3.46. The molecule has 2 aromatic rings. The number of ketones is 1. The molecule has 0 saturated heterocycles. The fraction of sp³-hybridized carbons (Fsp3) is 0.214. The van der Waals surface area contributed by atoms with Crippen LogP contribution in [0.5, 0.6) is 0 Å². The molecular formula is C14H14N2O3. The van der Waals surface area contributed by atoms with Gasteiger partial charge < -0.3 is 4.57 Å². The van der Waals surface area contributed by atoms with Crippen molar-refractivity contribution >= 4 is 5.78 Å². The van der Waals surface area contributed by atoms with Crippen molar-refractivity contribution in [3.8, 4) is 0 Å². The molecule has 0 spiro atoms. The fourth-order valence-electron chi connectivity index (χ4n) is 1.73. The van der Waals surface area contributed by atoms with Gasteiger partial charge in [0.25, 0.3) is 5.56 Å². The molecule has 0 radical (unpaired) electrons. The van der Waals surface area contributed by atoms with E-state index < -0.39 is 11.2 Å². The summed E-state index contributed by atoms with van der Waals surface area (Å²) in [6.45, 7) is 1.68. The van der Waals surface area contributed by atoms with Gasteiger partial charge in [-0.05, 0) is 6.92 Å². The standard InChI is InChI=1S/C14H14N2O3/c1-10-3-5-11(6-4-10)12(17)9-16-13(18)7-8-15(2)14(16)19/h3-8H,9H2,1-2H3. The van der Waals surface area contributed by atoms with Gasteiger partial charge in [0.05, 0.1) is 6.54 Å². The lowest BCUT2D eigenvalue weighted by Crippen LogP contribution is -2.39. The Balaban J connectivity index is 2.34. The predicted octanol–water partition coefficient (Wildman–Crippen LogP) is 0.738. The molecule has 2 rings (SSSR count). The average molecular weight is 258 g/mol. The van der Waals surface area contributed by atoms with Crippen molar-refractivity contribution in [2.24, 2.45) is 7.05 Å². The highest BCUT2D eigenvalue weighted by molar-refractivity contribution is 5.95. The minimum atomic E-state index is -0.493. The molecule has 0 N–H and O–H groups in total. The van der Waals surface area contributed by atoms with E-state index >= 15 is 0 Å². The first kappa shape index (κ1) is 13.0. The van der Waals surface area contributed by atoms with Crippen LogP contribution in [0.4, 0.5) is 0 Å². The van der Waals surface area contributed by atoms with E-state index in [-0.39, 0.29) is 12.3 Å². The van der Waals surface area contributed by atoms with E-state index in [1.165, 1.54) is 23.9 Å². The minimum Gasteiger partial charge on any atom is -0.303 e. The Morgan fingerprint density at radius 3 is 2.37 bits per heavy atom. The highest BCUT2D eigenvalue weighted by atomic mass is 16.2. The number of Topliss-reactive ketones (excluding diaryl/α,β-unsaturated/α-hetero) is 1. The Morgan fingerprint density at radius 2 is 1.74 bits per heavy atom. The second kappa shape index (κ2) is 5.06. The maximum atomic E-state index is 12.0. The monoisotopic (exact) mass is 258 g/mol. The number of aryl methyl sites for hydroxylation is 2. The number of carbonyl (C=O) groups excluding carboxylic acids is 1. The average Bonchev–Trinajstić information content (AvgIpc) is 2.40. The van der Waals surface area contributed by atoms with E-state index in [0.29, 0.717) is 5.56 Å². The largest absolute Gasteiger partial charge is 0.331 e. The van der Waals surface area contributed by atoms with Crippen molar-refractivity contribution in [3.63, 3.8) is 0 Å². The lowest BCUT2D eigenvalue weighted by atomic mass is 10.1. The van der Waals surface area contributed by atoms with Crippen molar-refractivity contribution in [2.75, 3.05) is 0 Å². The quantitative estimate of drug-likeness (QED) is 0.763. The molecular weight excluding hydrogens is 244 g/mol. The minimum absolute atomic E-state index is 0.241. The van der Waals surface area contributed by atoms with Gasteiger partial charge in [0.15, 0.2) is 5.78 Å². The molecule has 1 aromatic heterocycles. The molecule has 0 fully saturated rings. The third-order valence-corrected chi connectivity index (χ3v) is 2.91. The van der Waals surface area contributed by atoms with Crippen LogP contribution in [0.3, 0.4) is 0 Å². The molecule has 19 heavy (non-hydrogen) atoms. The van der Waals surface area contributed by atoms with E-state index in [9.17, 15) is 14.4 Å². The van der Waals surface area contributed by atoms with E-state index in [2.05, 4.69) is 0 Å². The number of nitrogens with zero attached hydrogens (tertiary/aromatic N) is 2. The normalized spacial score (nSPS) is 10.4. The molecule has 0 amide bonds. The summed E-state index contributed by atoms with van der Waals surface area (Å²) in [6, 6.07) is 8.29. The van der Waals surface area contributed by atoms with Crippen LogP contribution in [0.15, 0.2) is 46.1 Å². The molecule has 5 nitrogen and oxygen atoms in total. The number of aromatic nitrogens is 2. The molecule has 0 atom stereocenters. The van der Waals surface area contributed by atoms with Crippen LogP contribution in [0.1, 0.15) is 15.9 Å². The summed E-state index contributed by atoms with van der Waals surface area (Å²) in [5.41, 5.74) is 0.573. The zero-order chi connectivity index (χ0) is 14.0. The van der Waals surface area contributed by atoms with Gasteiger partial charge in [0, 0.05) is 24.9 Å². The number of rotatable bonds is 3. The zero-order valence-electron chi connectivity index (χ0n) is 10.8. The molecule has 0 unspecified atom stereocenters. The van der Waals surface area contributed by atoms with E-state index in [1.54, 1.807) is 12.1 Å². The first-order chi connectivity index (χ1) is 8.99. The van der Waals surface area contributed by atoms with Crippen molar-refractivity contribution < 1.29 is 4.79 Å². The third-order valence-electron chi connectivity index (χ3n) is 2.91. The van der Waals surface area contributed by atoms with Crippen LogP contribution < -0.4 is 11.2 Å². The highest BCUT2D eigenvalue weighted by Crippen LogP contribution is 2.04. The van der Waals surface area contributed by atoms with Crippen LogP contribution in [0.2, 0.25) is 0 Å². The van der Waals surface area contributed by atoms with Crippen molar-refractivity contribution in [1.82, 2.24) is 9.13 Å². The number of benzene rings is 1. The number of carbonyl (C=O) groups is 1. The topological polar surface area (TPSA) is 61.1 Å². The SMILES string of the molecule is Cc1ccc(C(=O)Cn2c(=O)ccn(C)c2=O)cc1. The Bertz CT molecular complexity index is 724. The van der Waals surface area contributed by atoms with Gasteiger partial charge in [0.2, 0.25) is 0 Å². The molecule has 0 aliphatic rings. The Labute approximate surface area is 109 Å². The molecule has 1 aromatic carbocycles. The van der Waals surface area contributed by atoms with Gasteiger partial charge in [0.1, 0.15) is 0 Å².